The van der Waals surface area contributed by atoms with E-state index in [0.717, 1.165) is 12.0 Å². The van der Waals surface area contributed by atoms with Crippen LogP contribution < -0.4 is 5.73 Å². The van der Waals surface area contributed by atoms with Crippen molar-refractivity contribution >= 4 is 0 Å². The van der Waals surface area contributed by atoms with Gasteiger partial charge in [-0.1, -0.05) is 12.1 Å². The van der Waals surface area contributed by atoms with E-state index in [-0.39, 0.29) is 5.82 Å². The molecule has 17 heavy (non-hydrogen) atoms. The fourth-order valence-electron chi connectivity index (χ4n) is 2.21. The Balaban J connectivity index is 1.75. The maximum Gasteiger partial charge on any atom is 0.123 e. The Hall–Kier alpha value is -1.68. The molecule has 1 aromatic carbocycles. The largest absolute Gasteiger partial charge is 0.326 e. The van der Waals surface area contributed by atoms with Gasteiger partial charge >= 0.3 is 0 Å². The van der Waals surface area contributed by atoms with E-state index < -0.39 is 0 Å². The molecule has 1 aliphatic carbocycles. The predicted molar refractivity (Wildman–Crippen MR) is 62.9 cm³/mol. The highest BCUT2D eigenvalue weighted by Crippen LogP contribution is 2.50. The van der Waals surface area contributed by atoms with E-state index in [1.165, 1.54) is 17.7 Å². The topological polar surface area (TPSA) is 43.8 Å². The number of hydrogen-bond acceptors (Lipinski definition) is 2. The van der Waals surface area contributed by atoms with Crippen LogP contribution in [0.1, 0.15) is 29.5 Å². The van der Waals surface area contributed by atoms with E-state index in [0.29, 0.717) is 18.5 Å². The van der Waals surface area contributed by atoms with Crippen LogP contribution in [-0.4, -0.2) is 9.78 Å². The summed E-state index contributed by atoms with van der Waals surface area (Å²) in [6.07, 6.45) is 4.87. The monoisotopic (exact) mass is 231 g/mol. The zero-order valence-corrected chi connectivity index (χ0v) is 9.38. The van der Waals surface area contributed by atoms with E-state index in [4.69, 9.17) is 5.73 Å². The summed E-state index contributed by atoms with van der Waals surface area (Å²) in [7, 11) is 0. The van der Waals surface area contributed by atoms with Crippen LogP contribution in [0, 0.1) is 5.82 Å². The second kappa shape index (κ2) is 3.96. The lowest BCUT2D eigenvalue weighted by atomic mass is 10.1. The normalized spacial score (nSPS) is 22.7. The minimum atomic E-state index is -0.185. The molecule has 2 N–H and O–H groups in total. The maximum absolute atomic E-state index is 12.8. The van der Waals surface area contributed by atoms with E-state index in [2.05, 4.69) is 5.10 Å². The van der Waals surface area contributed by atoms with Crippen LogP contribution >= 0.6 is 0 Å². The summed E-state index contributed by atoms with van der Waals surface area (Å²) >= 11 is 0. The minimum absolute atomic E-state index is 0.185. The van der Waals surface area contributed by atoms with E-state index >= 15 is 0 Å². The van der Waals surface area contributed by atoms with Crippen molar-refractivity contribution in [3.8, 4) is 0 Å². The number of benzene rings is 1. The number of aromatic nitrogens is 2. The van der Waals surface area contributed by atoms with Crippen LogP contribution in [0.25, 0.3) is 0 Å². The van der Waals surface area contributed by atoms with Gasteiger partial charge in [-0.15, -0.1) is 0 Å². The molecule has 3 rings (SSSR count). The van der Waals surface area contributed by atoms with Crippen LogP contribution in [0.2, 0.25) is 0 Å². The van der Waals surface area contributed by atoms with Gasteiger partial charge in [0.25, 0.3) is 0 Å². The summed E-state index contributed by atoms with van der Waals surface area (Å²) < 4.78 is 14.8. The smallest absolute Gasteiger partial charge is 0.123 e. The summed E-state index contributed by atoms with van der Waals surface area (Å²) in [4.78, 5) is 0. The zero-order valence-electron chi connectivity index (χ0n) is 9.38. The molecule has 2 aromatic rings. The number of hydrogen-bond donors (Lipinski definition) is 1. The molecule has 0 aliphatic heterocycles. The molecule has 1 aromatic heterocycles. The van der Waals surface area contributed by atoms with E-state index in [9.17, 15) is 4.39 Å². The van der Waals surface area contributed by atoms with E-state index in [1.54, 1.807) is 6.20 Å². The van der Waals surface area contributed by atoms with Gasteiger partial charge in [-0.05, 0) is 24.1 Å². The van der Waals surface area contributed by atoms with Crippen LogP contribution in [0.15, 0.2) is 36.7 Å². The molecule has 1 heterocycles. The standard InChI is InChI=1S/C13H14FN3/c14-11-3-1-10(2-4-11)12-5-13(12)17-8-9(6-15)7-16-17/h1-4,7-8,12-13H,5-6,15H2. The fourth-order valence-corrected chi connectivity index (χ4v) is 2.21. The first-order valence-electron chi connectivity index (χ1n) is 5.76. The van der Waals surface area contributed by atoms with Crippen molar-refractivity contribution in [2.75, 3.05) is 0 Å². The van der Waals surface area contributed by atoms with E-state index in [1.807, 2.05) is 23.0 Å². The van der Waals surface area contributed by atoms with Crippen molar-refractivity contribution in [1.29, 1.82) is 0 Å². The van der Waals surface area contributed by atoms with Gasteiger partial charge in [0, 0.05) is 24.2 Å². The van der Waals surface area contributed by atoms with Crippen LogP contribution in [-0.2, 0) is 6.54 Å². The second-order valence-electron chi connectivity index (χ2n) is 4.49. The minimum Gasteiger partial charge on any atom is -0.326 e. The Morgan fingerprint density at radius 3 is 2.76 bits per heavy atom. The summed E-state index contributed by atoms with van der Waals surface area (Å²) in [5.74, 6) is 0.275. The molecular weight excluding hydrogens is 217 g/mol. The van der Waals surface area contributed by atoms with Crippen molar-refractivity contribution in [1.82, 2.24) is 9.78 Å². The van der Waals surface area contributed by atoms with Gasteiger partial charge in [0.05, 0.1) is 12.2 Å². The SMILES string of the molecule is NCc1cnn(C2CC2c2ccc(F)cc2)c1. The number of nitrogens with two attached hydrogens (primary N) is 1. The Morgan fingerprint density at radius 1 is 1.35 bits per heavy atom. The third-order valence-electron chi connectivity index (χ3n) is 3.29. The fraction of sp³-hybridized carbons (Fsp3) is 0.308. The maximum atomic E-state index is 12.8. The zero-order chi connectivity index (χ0) is 11.8. The van der Waals surface area contributed by atoms with Gasteiger partial charge in [0.1, 0.15) is 5.82 Å². The van der Waals surface area contributed by atoms with Gasteiger partial charge in [0.15, 0.2) is 0 Å². The van der Waals surface area contributed by atoms with Crippen molar-refractivity contribution < 1.29 is 4.39 Å². The molecule has 0 amide bonds. The molecule has 88 valence electrons. The molecule has 3 nitrogen and oxygen atoms in total. The first kappa shape index (κ1) is 10.5. The average Bonchev–Trinajstić information content (AvgIpc) is 3.00. The molecule has 2 atom stereocenters. The van der Waals surface area contributed by atoms with Crippen molar-refractivity contribution in [2.24, 2.45) is 5.73 Å². The first-order valence-corrected chi connectivity index (χ1v) is 5.76. The molecule has 0 spiro atoms. The van der Waals surface area contributed by atoms with Gasteiger partial charge < -0.3 is 5.73 Å². The molecule has 0 radical (unpaired) electrons. The first-order chi connectivity index (χ1) is 8.28. The number of rotatable bonds is 3. The van der Waals surface area contributed by atoms with Crippen LogP contribution in [0.5, 0.6) is 0 Å². The molecule has 4 heteroatoms. The van der Waals surface area contributed by atoms with Crippen molar-refractivity contribution in [3.05, 3.63) is 53.6 Å². The molecule has 1 aliphatic rings. The summed E-state index contributed by atoms with van der Waals surface area (Å²) in [5.41, 5.74) is 7.78. The molecular formula is C13H14FN3. The molecule has 1 saturated carbocycles. The quantitative estimate of drug-likeness (QED) is 0.880. The second-order valence-corrected chi connectivity index (χ2v) is 4.49. The third kappa shape index (κ3) is 1.96. The molecule has 2 unspecified atom stereocenters. The highest BCUT2D eigenvalue weighted by molar-refractivity contribution is 5.27. The average molecular weight is 231 g/mol. The summed E-state index contributed by atoms with van der Waals surface area (Å²) in [5, 5.41) is 4.30. The third-order valence-corrected chi connectivity index (χ3v) is 3.29. The van der Waals surface area contributed by atoms with Crippen LogP contribution in [0.4, 0.5) is 4.39 Å². The Labute approximate surface area is 99.1 Å². The highest BCUT2D eigenvalue weighted by atomic mass is 19.1. The Morgan fingerprint density at radius 2 is 2.12 bits per heavy atom. The number of nitrogens with zero attached hydrogens (tertiary/aromatic N) is 2. The molecule has 0 bridgehead atoms. The van der Waals surface area contributed by atoms with Gasteiger partial charge in [-0.2, -0.15) is 5.10 Å². The lowest BCUT2D eigenvalue weighted by Gasteiger charge is -2.01. The summed E-state index contributed by atoms with van der Waals surface area (Å²) in [6, 6.07) is 7.14. The lowest BCUT2D eigenvalue weighted by Crippen LogP contribution is -1.97. The Bertz CT molecular complexity index is 518. The van der Waals surface area contributed by atoms with Gasteiger partial charge in [-0.3, -0.25) is 4.68 Å². The molecule has 0 saturated heterocycles. The summed E-state index contributed by atoms with van der Waals surface area (Å²) in [6.45, 7) is 0.522. The molecule has 1 fully saturated rings. The van der Waals surface area contributed by atoms with Crippen molar-refractivity contribution in [2.45, 2.75) is 24.9 Å². The van der Waals surface area contributed by atoms with Gasteiger partial charge in [-0.25, -0.2) is 4.39 Å². The predicted octanol–water partition coefficient (Wildman–Crippen LogP) is 2.21. The lowest BCUT2D eigenvalue weighted by molar-refractivity contribution is 0.619. The van der Waals surface area contributed by atoms with Crippen molar-refractivity contribution in [3.63, 3.8) is 0 Å². The Kier molecular flexibility index (Phi) is 2.44. The highest BCUT2D eigenvalue weighted by Gasteiger charge is 2.40. The number of halogens is 1. The van der Waals surface area contributed by atoms with Gasteiger partial charge in [0.2, 0.25) is 0 Å². The van der Waals surface area contributed by atoms with Crippen LogP contribution in [0.3, 0.4) is 0 Å².